The topological polar surface area (TPSA) is 26.0 Å². The van der Waals surface area contributed by atoms with Crippen molar-refractivity contribution in [2.75, 3.05) is 0 Å². The van der Waals surface area contributed by atoms with Crippen molar-refractivity contribution in [3.05, 3.63) is 35.4 Å². The molecule has 0 heterocycles. The smallest absolute Gasteiger partial charge is 0.0111 e. The molecular formula is C14H21N. The Labute approximate surface area is 92.7 Å². The highest BCUT2D eigenvalue weighted by Crippen LogP contribution is 2.37. The van der Waals surface area contributed by atoms with E-state index in [4.69, 9.17) is 5.73 Å². The lowest BCUT2D eigenvalue weighted by atomic mass is 9.72. The maximum absolute atomic E-state index is 6.24. The molecule has 0 bridgehead atoms. The normalized spacial score (nSPS) is 20.9. The third-order valence-corrected chi connectivity index (χ3v) is 3.49. The molecule has 0 aliphatic heterocycles. The summed E-state index contributed by atoms with van der Waals surface area (Å²) >= 11 is 0. The second kappa shape index (κ2) is 4.36. The van der Waals surface area contributed by atoms with Gasteiger partial charge in [0.05, 0.1) is 0 Å². The summed E-state index contributed by atoms with van der Waals surface area (Å²) in [6, 6.07) is 9.07. The molecule has 0 aromatic heterocycles. The van der Waals surface area contributed by atoms with Crippen LogP contribution in [0.1, 0.15) is 43.7 Å². The third-order valence-electron chi connectivity index (χ3n) is 3.49. The van der Waals surface area contributed by atoms with Crippen LogP contribution in [0, 0.1) is 5.92 Å². The van der Waals surface area contributed by atoms with Gasteiger partial charge in [-0.3, -0.25) is 0 Å². The van der Waals surface area contributed by atoms with E-state index in [0.717, 1.165) is 12.3 Å². The molecule has 0 fully saturated rings. The predicted octanol–water partition coefficient (Wildman–Crippen LogP) is 3.09. The van der Waals surface area contributed by atoms with Crippen molar-refractivity contribution >= 4 is 0 Å². The Bertz CT molecular complexity index is 330. The van der Waals surface area contributed by atoms with Crippen LogP contribution in [0.4, 0.5) is 0 Å². The molecule has 2 unspecified atom stereocenters. The molecule has 2 rings (SSSR count). The summed E-state index contributed by atoms with van der Waals surface area (Å²) in [6.45, 7) is 4.53. The molecule has 2 N–H and O–H groups in total. The zero-order valence-electron chi connectivity index (χ0n) is 9.74. The number of benzene rings is 1. The fourth-order valence-corrected chi connectivity index (χ4v) is 2.41. The second-order valence-electron chi connectivity index (χ2n) is 5.14. The molecule has 0 spiro atoms. The maximum atomic E-state index is 6.24. The molecule has 1 aliphatic rings. The Morgan fingerprint density at radius 3 is 2.67 bits per heavy atom. The summed E-state index contributed by atoms with van der Waals surface area (Å²) in [6.07, 6.45) is 3.60. The molecule has 0 amide bonds. The number of hydrogen-bond donors (Lipinski definition) is 1. The molecule has 1 aromatic carbocycles. The second-order valence-corrected chi connectivity index (χ2v) is 5.14. The molecule has 1 aromatic rings. The first-order chi connectivity index (χ1) is 7.18. The lowest BCUT2D eigenvalue weighted by Gasteiger charge is -2.35. The summed E-state index contributed by atoms with van der Waals surface area (Å²) in [5, 5.41) is 0. The van der Waals surface area contributed by atoms with Crippen LogP contribution < -0.4 is 5.73 Å². The molecule has 0 saturated carbocycles. The molecule has 2 atom stereocenters. The van der Waals surface area contributed by atoms with Crippen LogP contribution >= 0.6 is 0 Å². The van der Waals surface area contributed by atoms with Crippen LogP contribution in [-0.2, 0) is 6.42 Å². The van der Waals surface area contributed by atoms with Gasteiger partial charge in [-0.25, -0.2) is 0 Å². The van der Waals surface area contributed by atoms with Gasteiger partial charge in [-0.15, -0.1) is 0 Å². The average Bonchev–Trinajstić information content (AvgIpc) is 2.17. The van der Waals surface area contributed by atoms with Gasteiger partial charge in [-0.2, -0.15) is 0 Å². The van der Waals surface area contributed by atoms with Gasteiger partial charge in [-0.05, 0) is 36.3 Å². The molecule has 0 radical (unpaired) electrons. The monoisotopic (exact) mass is 203 g/mol. The first-order valence-electron chi connectivity index (χ1n) is 6.02. The minimum atomic E-state index is 0.363. The molecule has 0 saturated heterocycles. The number of nitrogens with two attached hydrogens (primary N) is 1. The van der Waals surface area contributed by atoms with E-state index in [0.29, 0.717) is 12.0 Å². The van der Waals surface area contributed by atoms with E-state index in [1.54, 1.807) is 0 Å². The highest BCUT2D eigenvalue weighted by molar-refractivity contribution is 5.41. The van der Waals surface area contributed by atoms with E-state index in [1.165, 1.54) is 24.0 Å². The lowest BCUT2D eigenvalue weighted by molar-refractivity contribution is 0.417. The van der Waals surface area contributed by atoms with Gasteiger partial charge < -0.3 is 5.73 Å². The highest BCUT2D eigenvalue weighted by atomic mass is 14.7. The van der Waals surface area contributed by atoms with E-state index in [1.807, 2.05) is 0 Å². The lowest BCUT2D eigenvalue weighted by Crippen LogP contribution is -2.35. The van der Waals surface area contributed by atoms with Crippen LogP contribution in [0.25, 0.3) is 0 Å². The number of hydrogen-bond acceptors (Lipinski definition) is 1. The van der Waals surface area contributed by atoms with Crippen molar-refractivity contribution in [1.29, 1.82) is 0 Å². The molecular weight excluding hydrogens is 182 g/mol. The van der Waals surface area contributed by atoms with Crippen molar-refractivity contribution in [1.82, 2.24) is 0 Å². The van der Waals surface area contributed by atoms with Crippen molar-refractivity contribution in [3.63, 3.8) is 0 Å². The molecule has 82 valence electrons. The minimum absolute atomic E-state index is 0.363. The van der Waals surface area contributed by atoms with Crippen molar-refractivity contribution in [2.24, 2.45) is 11.7 Å². The van der Waals surface area contributed by atoms with E-state index in [-0.39, 0.29) is 0 Å². The number of fused-ring (bicyclic) bond motifs is 1. The summed E-state index contributed by atoms with van der Waals surface area (Å²) in [5.74, 6) is 1.39. The zero-order chi connectivity index (χ0) is 10.8. The van der Waals surface area contributed by atoms with Gasteiger partial charge in [0.2, 0.25) is 0 Å². The molecule has 1 aliphatic carbocycles. The van der Waals surface area contributed by atoms with E-state index in [9.17, 15) is 0 Å². The minimum Gasteiger partial charge on any atom is -0.327 e. The quantitative estimate of drug-likeness (QED) is 0.799. The first kappa shape index (κ1) is 10.7. The Hall–Kier alpha value is -0.820. The maximum Gasteiger partial charge on any atom is 0.0111 e. The van der Waals surface area contributed by atoms with E-state index in [2.05, 4.69) is 38.1 Å². The summed E-state index contributed by atoms with van der Waals surface area (Å²) < 4.78 is 0. The van der Waals surface area contributed by atoms with Gasteiger partial charge in [0.1, 0.15) is 0 Å². The highest BCUT2D eigenvalue weighted by Gasteiger charge is 2.30. The Kier molecular flexibility index (Phi) is 3.11. The summed E-state index contributed by atoms with van der Waals surface area (Å²) in [5.41, 5.74) is 9.24. The first-order valence-corrected chi connectivity index (χ1v) is 6.02. The summed E-state index contributed by atoms with van der Waals surface area (Å²) in [7, 11) is 0. The Morgan fingerprint density at radius 1 is 1.27 bits per heavy atom. The Balaban J connectivity index is 1.92. The van der Waals surface area contributed by atoms with Crippen molar-refractivity contribution in [2.45, 2.75) is 45.1 Å². The molecule has 1 nitrogen and oxygen atoms in total. The molecule has 1 heteroatoms. The van der Waals surface area contributed by atoms with E-state index >= 15 is 0 Å². The van der Waals surface area contributed by atoms with Crippen LogP contribution in [0.15, 0.2) is 24.3 Å². The average molecular weight is 203 g/mol. The van der Waals surface area contributed by atoms with Gasteiger partial charge in [0, 0.05) is 12.0 Å². The zero-order valence-corrected chi connectivity index (χ0v) is 9.74. The Morgan fingerprint density at radius 2 is 2.00 bits per heavy atom. The fraction of sp³-hybridized carbons (Fsp3) is 0.571. The SMILES string of the molecule is CC(C)CCC(N)C1Cc2ccccc21. The van der Waals surface area contributed by atoms with Gasteiger partial charge in [0.15, 0.2) is 0 Å². The largest absolute Gasteiger partial charge is 0.327 e. The van der Waals surface area contributed by atoms with Gasteiger partial charge in [0.25, 0.3) is 0 Å². The van der Waals surface area contributed by atoms with Crippen molar-refractivity contribution in [3.8, 4) is 0 Å². The molecule has 15 heavy (non-hydrogen) atoms. The third kappa shape index (κ3) is 2.23. The van der Waals surface area contributed by atoms with Crippen LogP contribution in [0.5, 0.6) is 0 Å². The van der Waals surface area contributed by atoms with Gasteiger partial charge in [-0.1, -0.05) is 38.1 Å². The number of rotatable bonds is 4. The van der Waals surface area contributed by atoms with Crippen molar-refractivity contribution < 1.29 is 0 Å². The van der Waals surface area contributed by atoms with Crippen LogP contribution in [0.2, 0.25) is 0 Å². The van der Waals surface area contributed by atoms with Crippen LogP contribution in [0.3, 0.4) is 0 Å². The van der Waals surface area contributed by atoms with Crippen LogP contribution in [-0.4, -0.2) is 6.04 Å². The summed E-state index contributed by atoms with van der Waals surface area (Å²) in [4.78, 5) is 0. The standard InChI is InChI=1S/C14H21N/c1-10(2)7-8-14(15)13-9-11-5-3-4-6-12(11)13/h3-6,10,13-14H,7-9,15H2,1-2H3. The predicted molar refractivity (Wildman–Crippen MR) is 64.9 cm³/mol. The van der Waals surface area contributed by atoms with E-state index < -0.39 is 0 Å². The van der Waals surface area contributed by atoms with Gasteiger partial charge >= 0.3 is 0 Å². The fourth-order valence-electron chi connectivity index (χ4n) is 2.41.